The van der Waals surface area contributed by atoms with Crippen molar-refractivity contribution < 1.29 is 17.6 Å². The van der Waals surface area contributed by atoms with Gasteiger partial charge in [0.2, 0.25) is 5.55 Å². The lowest BCUT2D eigenvalue weighted by atomic mass is 10.2. The zero-order valence-corrected chi connectivity index (χ0v) is 8.68. The van der Waals surface area contributed by atoms with Crippen LogP contribution < -0.4 is 5.55 Å². The summed E-state index contributed by atoms with van der Waals surface area (Å²) < 4.78 is 44.2. The Hall–Kier alpha value is -1.43. The van der Waals surface area contributed by atoms with Crippen LogP contribution in [0.1, 0.15) is 0 Å². The Morgan fingerprint density at radius 1 is 1.12 bits per heavy atom. The molecule has 0 saturated heterocycles. The van der Waals surface area contributed by atoms with Crippen molar-refractivity contribution in [2.75, 3.05) is 0 Å². The van der Waals surface area contributed by atoms with Crippen molar-refractivity contribution in [2.45, 2.75) is 5.51 Å². The third-order valence-electron chi connectivity index (χ3n) is 1.85. The van der Waals surface area contributed by atoms with Crippen LogP contribution in [0.5, 0.6) is 0 Å². The summed E-state index contributed by atoms with van der Waals surface area (Å²) in [5.41, 5.74) is -4.42. The SMILES string of the molecule is FC(F)(F)SN=c1occc2ccccc12. The summed E-state index contributed by atoms with van der Waals surface area (Å²) in [5.74, 6) is 0. The molecule has 0 aliphatic rings. The lowest BCUT2D eigenvalue weighted by molar-refractivity contribution is -0.0328. The van der Waals surface area contributed by atoms with Gasteiger partial charge in [0, 0.05) is 5.39 Å². The average Bonchev–Trinajstić information content (AvgIpc) is 2.25. The van der Waals surface area contributed by atoms with Crippen LogP contribution in [0.2, 0.25) is 0 Å². The summed E-state index contributed by atoms with van der Waals surface area (Å²) in [4.78, 5) is 0. The molecule has 16 heavy (non-hydrogen) atoms. The normalized spacial score (nSPS) is 13.3. The van der Waals surface area contributed by atoms with Crippen molar-refractivity contribution in [3.8, 4) is 0 Å². The van der Waals surface area contributed by atoms with Crippen molar-refractivity contribution in [3.05, 3.63) is 42.1 Å². The van der Waals surface area contributed by atoms with Gasteiger partial charge >= 0.3 is 5.51 Å². The van der Waals surface area contributed by atoms with Crippen LogP contribution >= 0.6 is 11.9 Å². The summed E-state index contributed by atoms with van der Waals surface area (Å²) in [6.45, 7) is 0. The molecule has 0 atom stereocenters. The molecule has 1 aromatic heterocycles. The Morgan fingerprint density at radius 3 is 2.62 bits per heavy atom. The summed E-state index contributed by atoms with van der Waals surface area (Å²) in [7, 11) is 0. The maximum Gasteiger partial charge on any atom is 0.463 e. The molecule has 0 amide bonds. The van der Waals surface area contributed by atoms with E-state index >= 15 is 0 Å². The summed E-state index contributed by atoms with van der Waals surface area (Å²) in [6.07, 6.45) is 1.32. The zero-order valence-electron chi connectivity index (χ0n) is 7.86. The summed E-state index contributed by atoms with van der Waals surface area (Å²) >= 11 is -0.467. The van der Waals surface area contributed by atoms with Crippen LogP contribution in [0.15, 0.2) is 45.4 Å². The number of benzene rings is 1. The van der Waals surface area contributed by atoms with Crippen LogP contribution in [0.4, 0.5) is 13.2 Å². The van der Waals surface area contributed by atoms with E-state index in [1.807, 2.05) is 0 Å². The fraction of sp³-hybridized carbons (Fsp3) is 0.100. The molecule has 0 unspecified atom stereocenters. The highest BCUT2D eigenvalue weighted by molar-refractivity contribution is 7.98. The van der Waals surface area contributed by atoms with E-state index in [1.165, 1.54) is 6.26 Å². The molecule has 0 spiro atoms. The number of rotatable bonds is 1. The summed E-state index contributed by atoms with van der Waals surface area (Å²) in [5, 5.41) is 1.34. The molecule has 2 aromatic rings. The second-order valence-electron chi connectivity index (χ2n) is 2.94. The molecule has 2 nitrogen and oxygen atoms in total. The molecule has 2 rings (SSSR count). The smallest absolute Gasteiger partial charge is 0.446 e. The largest absolute Gasteiger partial charge is 0.463 e. The Morgan fingerprint density at radius 2 is 1.88 bits per heavy atom. The van der Waals surface area contributed by atoms with Gasteiger partial charge in [0.25, 0.3) is 0 Å². The van der Waals surface area contributed by atoms with E-state index in [4.69, 9.17) is 4.42 Å². The Balaban J connectivity index is 2.52. The van der Waals surface area contributed by atoms with Crippen molar-refractivity contribution >= 4 is 22.7 Å². The molecule has 0 fully saturated rings. The van der Waals surface area contributed by atoms with Crippen LogP contribution in [0, 0.1) is 0 Å². The first-order chi connectivity index (χ1) is 7.56. The highest BCUT2D eigenvalue weighted by Crippen LogP contribution is 2.30. The molecule has 0 aliphatic heterocycles. The van der Waals surface area contributed by atoms with Gasteiger partial charge in [-0.2, -0.15) is 17.6 Å². The molecule has 6 heteroatoms. The van der Waals surface area contributed by atoms with Gasteiger partial charge in [-0.1, -0.05) is 18.2 Å². The van der Waals surface area contributed by atoms with Gasteiger partial charge in [-0.05, 0) is 17.5 Å². The minimum Gasteiger partial charge on any atom is -0.446 e. The molecular formula is C10H6F3NOS. The van der Waals surface area contributed by atoms with E-state index in [1.54, 1.807) is 30.3 Å². The first kappa shape index (κ1) is 11.1. The van der Waals surface area contributed by atoms with Gasteiger partial charge in [-0.25, -0.2) is 0 Å². The zero-order chi connectivity index (χ0) is 11.6. The lowest BCUT2D eigenvalue weighted by Crippen LogP contribution is -2.04. The number of nitrogens with zero attached hydrogens (tertiary/aromatic N) is 1. The van der Waals surface area contributed by atoms with Gasteiger partial charge in [0.05, 0.1) is 18.2 Å². The van der Waals surface area contributed by atoms with Crippen LogP contribution in [-0.4, -0.2) is 5.51 Å². The number of hydrogen-bond acceptors (Lipinski definition) is 3. The van der Waals surface area contributed by atoms with Gasteiger partial charge < -0.3 is 4.42 Å². The van der Waals surface area contributed by atoms with Gasteiger partial charge in [0.1, 0.15) is 0 Å². The standard InChI is InChI=1S/C10H6F3NOS/c11-10(12,13)16-14-9-8-4-2-1-3-7(8)5-6-15-9/h1-6H. The highest BCUT2D eigenvalue weighted by Gasteiger charge is 2.28. The predicted octanol–water partition coefficient (Wildman–Crippen LogP) is 3.50. The third kappa shape index (κ3) is 2.57. The Bertz CT molecular complexity index is 556. The topological polar surface area (TPSA) is 25.5 Å². The van der Waals surface area contributed by atoms with E-state index in [0.29, 0.717) is 5.39 Å². The van der Waals surface area contributed by atoms with Gasteiger partial charge in [0.15, 0.2) is 0 Å². The Labute approximate surface area is 92.9 Å². The minimum absolute atomic E-state index is 0.0274. The molecule has 0 aliphatic carbocycles. The predicted molar refractivity (Wildman–Crippen MR) is 55.4 cm³/mol. The molecule has 1 heterocycles. The minimum atomic E-state index is -4.40. The van der Waals surface area contributed by atoms with Gasteiger partial charge in [-0.15, -0.1) is 0 Å². The van der Waals surface area contributed by atoms with E-state index in [-0.39, 0.29) is 5.55 Å². The summed E-state index contributed by atoms with van der Waals surface area (Å²) in [6, 6.07) is 8.63. The van der Waals surface area contributed by atoms with E-state index in [0.717, 1.165) is 5.39 Å². The maximum atomic E-state index is 12.0. The average molecular weight is 245 g/mol. The highest BCUT2D eigenvalue weighted by atomic mass is 32.2. The first-order valence-electron chi connectivity index (χ1n) is 4.32. The number of halogens is 3. The van der Waals surface area contributed by atoms with Crippen LogP contribution in [0.3, 0.4) is 0 Å². The Kier molecular flexibility index (Phi) is 2.91. The quantitative estimate of drug-likeness (QED) is 0.718. The number of hydrogen-bond donors (Lipinski definition) is 0. The van der Waals surface area contributed by atoms with Crippen LogP contribution in [-0.2, 0) is 0 Å². The van der Waals surface area contributed by atoms with Crippen molar-refractivity contribution in [1.82, 2.24) is 0 Å². The van der Waals surface area contributed by atoms with Crippen LogP contribution in [0.25, 0.3) is 10.8 Å². The fourth-order valence-electron chi connectivity index (χ4n) is 1.24. The molecule has 1 aromatic carbocycles. The molecule has 0 N–H and O–H groups in total. The van der Waals surface area contributed by atoms with E-state index < -0.39 is 17.5 Å². The molecule has 0 saturated carbocycles. The first-order valence-corrected chi connectivity index (χ1v) is 5.09. The third-order valence-corrected chi connectivity index (χ3v) is 2.31. The number of fused-ring (bicyclic) bond motifs is 1. The monoisotopic (exact) mass is 245 g/mol. The second kappa shape index (κ2) is 4.21. The van der Waals surface area contributed by atoms with E-state index in [2.05, 4.69) is 4.40 Å². The lowest BCUT2D eigenvalue weighted by Gasteiger charge is -1.99. The second-order valence-corrected chi connectivity index (χ2v) is 3.77. The molecule has 84 valence electrons. The molecule has 0 radical (unpaired) electrons. The fourth-order valence-corrected chi connectivity index (χ4v) is 1.56. The van der Waals surface area contributed by atoms with E-state index in [9.17, 15) is 13.2 Å². The van der Waals surface area contributed by atoms with Gasteiger partial charge in [-0.3, -0.25) is 0 Å². The van der Waals surface area contributed by atoms with Crippen molar-refractivity contribution in [2.24, 2.45) is 4.40 Å². The van der Waals surface area contributed by atoms with Crippen molar-refractivity contribution in [1.29, 1.82) is 0 Å². The number of alkyl halides is 3. The molecular weight excluding hydrogens is 239 g/mol. The molecule has 0 bridgehead atoms. The van der Waals surface area contributed by atoms with Crippen molar-refractivity contribution in [3.63, 3.8) is 0 Å². The maximum absolute atomic E-state index is 12.0.